The minimum absolute atomic E-state index is 0.489. The number of hydrogen-bond donors (Lipinski definition) is 0. The van der Waals surface area contributed by atoms with E-state index in [0.717, 1.165) is 19.3 Å². The average molecular weight is 236 g/mol. The molecule has 0 N–H and O–H groups in total. The fraction of sp³-hybridized carbons (Fsp3) is 0.812. The molecule has 98 valence electrons. The third-order valence-corrected chi connectivity index (χ3v) is 3.64. The first-order valence-electron chi connectivity index (χ1n) is 7.45. The molecule has 1 unspecified atom stereocenters. The van der Waals surface area contributed by atoms with Gasteiger partial charge in [0.25, 0.3) is 0 Å². The lowest BCUT2D eigenvalue weighted by Gasteiger charge is -2.10. The molecule has 0 spiro atoms. The van der Waals surface area contributed by atoms with Crippen molar-refractivity contribution in [2.45, 2.75) is 77.6 Å². The topological polar surface area (TPSA) is 17.1 Å². The van der Waals surface area contributed by atoms with Gasteiger partial charge in [0.15, 0.2) is 0 Å². The van der Waals surface area contributed by atoms with Gasteiger partial charge in [-0.1, -0.05) is 44.8 Å². The van der Waals surface area contributed by atoms with E-state index in [0.29, 0.717) is 11.7 Å². The van der Waals surface area contributed by atoms with E-state index < -0.39 is 0 Å². The van der Waals surface area contributed by atoms with Crippen LogP contribution in [0.15, 0.2) is 12.2 Å². The monoisotopic (exact) mass is 236 g/mol. The second-order valence-corrected chi connectivity index (χ2v) is 5.56. The summed E-state index contributed by atoms with van der Waals surface area (Å²) in [5.41, 5.74) is 0. The first-order valence-corrected chi connectivity index (χ1v) is 7.45. The molecule has 1 heteroatoms. The third-order valence-electron chi connectivity index (χ3n) is 3.64. The highest BCUT2D eigenvalue weighted by Crippen LogP contribution is 2.17. The molecule has 0 fully saturated rings. The van der Waals surface area contributed by atoms with Crippen molar-refractivity contribution in [1.29, 1.82) is 0 Å². The Kier molecular flexibility index (Phi) is 8.04. The number of rotatable bonds is 0. The third kappa shape index (κ3) is 8.18. The van der Waals surface area contributed by atoms with E-state index in [1.54, 1.807) is 0 Å². The van der Waals surface area contributed by atoms with Crippen molar-refractivity contribution in [3.8, 4) is 0 Å². The molecule has 0 saturated heterocycles. The van der Waals surface area contributed by atoms with E-state index >= 15 is 0 Å². The molecule has 1 nitrogen and oxygen atoms in total. The van der Waals surface area contributed by atoms with Gasteiger partial charge in [-0.15, -0.1) is 0 Å². The average Bonchev–Trinajstić information content (AvgIpc) is 2.30. The van der Waals surface area contributed by atoms with E-state index in [-0.39, 0.29) is 0 Å². The minimum Gasteiger partial charge on any atom is -0.300 e. The van der Waals surface area contributed by atoms with Crippen molar-refractivity contribution in [3.05, 3.63) is 12.2 Å². The number of allylic oxidation sites excluding steroid dienone is 2. The molecule has 0 saturated carbocycles. The fourth-order valence-electron chi connectivity index (χ4n) is 2.52. The lowest BCUT2D eigenvalue weighted by Crippen LogP contribution is -2.05. The van der Waals surface area contributed by atoms with Gasteiger partial charge in [0.1, 0.15) is 5.78 Å². The van der Waals surface area contributed by atoms with Crippen molar-refractivity contribution in [1.82, 2.24) is 0 Å². The van der Waals surface area contributed by atoms with Crippen molar-refractivity contribution in [2.24, 2.45) is 5.92 Å². The largest absolute Gasteiger partial charge is 0.300 e. The van der Waals surface area contributed by atoms with Crippen LogP contribution in [0.4, 0.5) is 0 Å². The normalized spacial score (nSPS) is 26.2. The maximum absolute atomic E-state index is 11.7. The molecule has 1 rings (SSSR count). The van der Waals surface area contributed by atoms with Gasteiger partial charge in [-0.25, -0.2) is 0 Å². The minimum atomic E-state index is 0.489. The fourth-order valence-corrected chi connectivity index (χ4v) is 2.52. The summed E-state index contributed by atoms with van der Waals surface area (Å²) in [6.07, 6.45) is 17.5. The maximum atomic E-state index is 11.7. The van der Waals surface area contributed by atoms with E-state index in [4.69, 9.17) is 0 Å². The van der Waals surface area contributed by atoms with Gasteiger partial charge in [0, 0.05) is 12.8 Å². The molecule has 0 bridgehead atoms. The zero-order valence-corrected chi connectivity index (χ0v) is 11.4. The predicted molar refractivity (Wildman–Crippen MR) is 74.1 cm³/mol. The van der Waals surface area contributed by atoms with Crippen molar-refractivity contribution in [2.75, 3.05) is 0 Å². The lowest BCUT2D eigenvalue weighted by atomic mass is 9.95. The van der Waals surface area contributed by atoms with Crippen LogP contribution in [-0.4, -0.2) is 5.78 Å². The number of Topliss-reactive ketones (excluding diaryl/α,β-unsaturated/α-hetero) is 1. The van der Waals surface area contributed by atoms with Gasteiger partial charge in [-0.05, 0) is 38.0 Å². The summed E-state index contributed by atoms with van der Waals surface area (Å²) in [7, 11) is 0. The molecule has 0 aromatic carbocycles. The molecule has 0 aliphatic heterocycles. The van der Waals surface area contributed by atoms with Gasteiger partial charge in [-0.3, -0.25) is 4.79 Å². The highest BCUT2D eigenvalue weighted by Gasteiger charge is 2.08. The molecular weight excluding hydrogens is 208 g/mol. The zero-order chi connectivity index (χ0) is 12.3. The Bertz CT molecular complexity index is 230. The van der Waals surface area contributed by atoms with Crippen LogP contribution in [0, 0.1) is 5.92 Å². The van der Waals surface area contributed by atoms with Crippen molar-refractivity contribution >= 4 is 5.78 Å². The summed E-state index contributed by atoms with van der Waals surface area (Å²) in [5.74, 6) is 1.09. The van der Waals surface area contributed by atoms with Crippen LogP contribution in [0.3, 0.4) is 0 Å². The first-order chi connectivity index (χ1) is 8.29. The van der Waals surface area contributed by atoms with Gasteiger partial charge < -0.3 is 0 Å². The first kappa shape index (κ1) is 14.5. The van der Waals surface area contributed by atoms with Crippen LogP contribution < -0.4 is 0 Å². The van der Waals surface area contributed by atoms with Crippen molar-refractivity contribution < 1.29 is 4.79 Å². The SMILES string of the molecule is CC1CCCCCC=CCCCCCC(=O)C1. The van der Waals surface area contributed by atoms with E-state index in [1.165, 1.54) is 51.4 Å². The Morgan fingerprint density at radius 2 is 1.59 bits per heavy atom. The molecule has 0 radical (unpaired) electrons. The summed E-state index contributed by atoms with van der Waals surface area (Å²) in [4.78, 5) is 11.7. The standard InChI is InChI=1S/C16H28O/c1-15-12-10-8-6-4-2-3-5-7-9-11-13-16(17)14-15/h2-3,15H,4-14H2,1H3. The van der Waals surface area contributed by atoms with Crippen LogP contribution in [0.25, 0.3) is 0 Å². The molecule has 17 heavy (non-hydrogen) atoms. The van der Waals surface area contributed by atoms with Crippen LogP contribution in [0.2, 0.25) is 0 Å². The quantitative estimate of drug-likeness (QED) is 0.538. The number of carbonyl (C=O) groups is 1. The van der Waals surface area contributed by atoms with Crippen molar-refractivity contribution in [3.63, 3.8) is 0 Å². The number of hydrogen-bond acceptors (Lipinski definition) is 1. The predicted octanol–water partition coefficient (Wildman–Crippen LogP) is 5.05. The molecule has 0 heterocycles. The van der Waals surface area contributed by atoms with E-state index in [1.807, 2.05) is 0 Å². The van der Waals surface area contributed by atoms with Crippen LogP contribution in [-0.2, 0) is 4.79 Å². The number of carbonyl (C=O) groups excluding carboxylic acids is 1. The number of ketones is 1. The van der Waals surface area contributed by atoms with Gasteiger partial charge in [0.2, 0.25) is 0 Å². The Morgan fingerprint density at radius 3 is 2.29 bits per heavy atom. The van der Waals surface area contributed by atoms with Crippen LogP contribution in [0.1, 0.15) is 77.6 Å². The Labute approximate surface area is 107 Å². The van der Waals surface area contributed by atoms with Gasteiger partial charge in [-0.2, -0.15) is 0 Å². The zero-order valence-electron chi connectivity index (χ0n) is 11.4. The van der Waals surface area contributed by atoms with Gasteiger partial charge >= 0.3 is 0 Å². The highest BCUT2D eigenvalue weighted by molar-refractivity contribution is 5.78. The summed E-state index contributed by atoms with van der Waals surface area (Å²) in [6.45, 7) is 2.23. The summed E-state index contributed by atoms with van der Waals surface area (Å²) >= 11 is 0. The van der Waals surface area contributed by atoms with Gasteiger partial charge in [0.05, 0.1) is 0 Å². The maximum Gasteiger partial charge on any atom is 0.133 e. The van der Waals surface area contributed by atoms with Crippen LogP contribution >= 0.6 is 0 Å². The van der Waals surface area contributed by atoms with E-state index in [9.17, 15) is 4.79 Å². The molecule has 0 aromatic rings. The smallest absolute Gasteiger partial charge is 0.133 e. The Hall–Kier alpha value is -0.590. The Balaban J connectivity index is 2.29. The molecule has 1 aliphatic carbocycles. The molecule has 0 aromatic heterocycles. The highest BCUT2D eigenvalue weighted by atomic mass is 16.1. The molecule has 1 aliphatic rings. The van der Waals surface area contributed by atoms with Crippen LogP contribution in [0.5, 0.6) is 0 Å². The molecule has 0 amide bonds. The molecule has 1 atom stereocenters. The molecular formula is C16H28O. The summed E-state index contributed by atoms with van der Waals surface area (Å²) in [5, 5.41) is 0. The summed E-state index contributed by atoms with van der Waals surface area (Å²) in [6, 6.07) is 0. The second-order valence-electron chi connectivity index (χ2n) is 5.56. The summed E-state index contributed by atoms with van der Waals surface area (Å²) < 4.78 is 0. The second kappa shape index (κ2) is 9.44. The Morgan fingerprint density at radius 1 is 0.941 bits per heavy atom. The lowest BCUT2D eigenvalue weighted by molar-refractivity contribution is -0.120. The van der Waals surface area contributed by atoms with E-state index in [2.05, 4.69) is 19.1 Å².